The van der Waals surface area contributed by atoms with Gasteiger partial charge in [-0.2, -0.15) is 13.2 Å². The predicted molar refractivity (Wildman–Crippen MR) is 44.2 cm³/mol. The highest BCUT2D eigenvalue weighted by molar-refractivity contribution is 6.67. The van der Waals surface area contributed by atoms with Crippen LogP contribution in [-0.2, 0) is 6.18 Å². The average molecular weight is 224 g/mol. The smallest absolute Gasteiger partial charge is 0.276 e. The standard InChI is InChI=1S/C8H5ClF3NO/c1-4-6(7(9)14)2-5(3-13-4)8(10,11)12/h2-3H,1H3. The normalized spacial score (nSPS) is 11.5. The molecule has 1 rings (SSSR count). The molecule has 0 saturated heterocycles. The Morgan fingerprint density at radius 3 is 2.50 bits per heavy atom. The zero-order valence-electron chi connectivity index (χ0n) is 7.02. The summed E-state index contributed by atoms with van der Waals surface area (Å²) in [6, 6.07) is 0.692. The fourth-order valence-electron chi connectivity index (χ4n) is 0.887. The zero-order chi connectivity index (χ0) is 10.9. The Hall–Kier alpha value is -1.10. The molecule has 2 nitrogen and oxygen atoms in total. The van der Waals surface area contributed by atoms with E-state index in [1.807, 2.05) is 0 Å². The number of rotatable bonds is 1. The lowest BCUT2D eigenvalue weighted by molar-refractivity contribution is -0.137. The van der Waals surface area contributed by atoms with Crippen LogP contribution in [0.4, 0.5) is 13.2 Å². The van der Waals surface area contributed by atoms with Crippen LogP contribution in [0, 0.1) is 6.92 Å². The number of carbonyl (C=O) groups is 1. The molecular formula is C8H5ClF3NO. The van der Waals surface area contributed by atoms with Gasteiger partial charge < -0.3 is 0 Å². The molecule has 0 saturated carbocycles. The van der Waals surface area contributed by atoms with Crippen LogP contribution in [0.3, 0.4) is 0 Å². The number of aryl methyl sites for hydroxylation is 1. The number of nitrogens with zero attached hydrogens (tertiary/aromatic N) is 1. The molecule has 1 aromatic rings. The molecule has 0 spiro atoms. The van der Waals surface area contributed by atoms with E-state index in [9.17, 15) is 18.0 Å². The molecule has 0 unspecified atom stereocenters. The van der Waals surface area contributed by atoms with Crippen molar-refractivity contribution >= 4 is 16.8 Å². The van der Waals surface area contributed by atoms with Crippen LogP contribution in [0.5, 0.6) is 0 Å². The summed E-state index contributed by atoms with van der Waals surface area (Å²) in [5.74, 6) is 0. The maximum Gasteiger partial charge on any atom is 0.417 e. The maximum absolute atomic E-state index is 12.2. The molecule has 0 fully saturated rings. The largest absolute Gasteiger partial charge is 0.417 e. The Balaban J connectivity index is 3.27. The quantitative estimate of drug-likeness (QED) is 0.686. The number of carbonyl (C=O) groups excluding carboxylic acids is 1. The molecule has 0 bridgehead atoms. The summed E-state index contributed by atoms with van der Waals surface area (Å²) in [7, 11) is 0. The molecule has 14 heavy (non-hydrogen) atoms. The van der Waals surface area contributed by atoms with E-state index in [2.05, 4.69) is 4.98 Å². The van der Waals surface area contributed by atoms with E-state index in [-0.39, 0.29) is 11.3 Å². The van der Waals surface area contributed by atoms with Gasteiger partial charge in [0.1, 0.15) is 0 Å². The Labute approximate surface area is 82.7 Å². The van der Waals surface area contributed by atoms with Gasteiger partial charge in [-0.1, -0.05) is 0 Å². The SMILES string of the molecule is Cc1ncc(C(F)(F)F)cc1C(=O)Cl. The molecule has 0 aliphatic heterocycles. The lowest BCUT2D eigenvalue weighted by atomic mass is 10.1. The van der Waals surface area contributed by atoms with Crippen LogP contribution < -0.4 is 0 Å². The molecule has 1 aromatic heterocycles. The highest BCUT2D eigenvalue weighted by Crippen LogP contribution is 2.29. The highest BCUT2D eigenvalue weighted by Gasteiger charge is 2.31. The van der Waals surface area contributed by atoms with Crippen molar-refractivity contribution in [3.8, 4) is 0 Å². The molecule has 0 N–H and O–H groups in total. The van der Waals surface area contributed by atoms with E-state index in [0.29, 0.717) is 12.3 Å². The first-order valence-electron chi connectivity index (χ1n) is 3.56. The van der Waals surface area contributed by atoms with Gasteiger partial charge in [0.2, 0.25) is 0 Å². The van der Waals surface area contributed by atoms with Crippen molar-refractivity contribution in [2.24, 2.45) is 0 Å². The summed E-state index contributed by atoms with van der Waals surface area (Å²) >= 11 is 5.08. The van der Waals surface area contributed by atoms with Crippen LogP contribution >= 0.6 is 11.6 Å². The van der Waals surface area contributed by atoms with E-state index in [4.69, 9.17) is 11.6 Å². The van der Waals surface area contributed by atoms with Gasteiger partial charge in [-0.3, -0.25) is 9.78 Å². The van der Waals surface area contributed by atoms with Crippen LogP contribution in [-0.4, -0.2) is 10.2 Å². The highest BCUT2D eigenvalue weighted by atomic mass is 35.5. The third kappa shape index (κ3) is 2.23. The topological polar surface area (TPSA) is 30.0 Å². The summed E-state index contributed by atoms with van der Waals surface area (Å²) in [5, 5.41) is -0.943. The van der Waals surface area contributed by atoms with Gasteiger partial charge in [-0.15, -0.1) is 0 Å². The fraction of sp³-hybridized carbons (Fsp3) is 0.250. The van der Waals surface area contributed by atoms with E-state index in [0.717, 1.165) is 0 Å². The van der Waals surface area contributed by atoms with E-state index >= 15 is 0 Å². The van der Waals surface area contributed by atoms with Gasteiger partial charge in [0.05, 0.1) is 11.1 Å². The number of aromatic nitrogens is 1. The van der Waals surface area contributed by atoms with Gasteiger partial charge in [0, 0.05) is 11.9 Å². The fourth-order valence-corrected chi connectivity index (χ4v) is 1.08. The molecule has 0 amide bonds. The zero-order valence-corrected chi connectivity index (χ0v) is 7.78. The molecule has 0 aliphatic rings. The monoisotopic (exact) mass is 223 g/mol. The van der Waals surface area contributed by atoms with Gasteiger partial charge >= 0.3 is 6.18 Å². The lowest BCUT2D eigenvalue weighted by Crippen LogP contribution is -2.08. The molecule has 76 valence electrons. The number of halogens is 4. The molecule has 0 aliphatic carbocycles. The van der Waals surface area contributed by atoms with Crippen molar-refractivity contribution in [3.63, 3.8) is 0 Å². The minimum absolute atomic E-state index is 0.179. The van der Waals surface area contributed by atoms with Crippen molar-refractivity contribution in [1.82, 2.24) is 4.98 Å². The Morgan fingerprint density at radius 2 is 2.07 bits per heavy atom. The first kappa shape index (κ1) is 11.0. The van der Waals surface area contributed by atoms with Crippen LogP contribution in [0.25, 0.3) is 0 Å². The summed E-state index contributed by atoms with van der Waals surface area (Å²) in [4.78, 5) is 14.1. The Morgan fingerprint density at radius 1 is 1.50 bits per heavy atom. The van der Waals surface area contributed by atoms with Gasteiger partial charge in [0.25, 0.3) is 5.24 Å². The second-order valence-corrected chi connectivity index (χ2v) is 2.97. The third-order valence-electron chi connectivity index (χ3n) is 1.63. The van der Waals surface area contributed by atoms with Gasteiger partial charge in [-0.25, -0.2) is 0 Å². The minimum Gasteiger partial charge on any atom is -0.276 e. The van der Waals surface area contributed by atoms with E-state index < -0.39 is 17.0 Å². The van der Waals surface area contributed by atoms with Crippen molar-refractivity contribution in [3.05, 3.63) is 29.1 Å². The molecule has 0 atom stereocenters. The van der Waals surface area contributed by atoms with E-state index in [1.165, 1.54) is 6.92 Å². The number of pyridine rings is 1. The summed E-state index contributed by atoms with van der Waals surface area (Å²) in [5.41, 5.74) is -1.02. The summed E-state index contributed by atoms with van der Waals surface area (Å²) in [6.07, 6.45) is -3.85. The lowest BCUT2D eigenvalue weighted by Gasteiger charge is -2.07. The molecule has 0 aromatic carbocycles. The molecule has 0 radical (unpaired) electrons. The predicted octanol–water partition coefficient (Wildman–Crippen LogP) is 2.79. The van der Waals surface area contributed by atoms with Gasteiger partial charge in [0.15, 0.2) is 0 Å². The first-order chi connectivity index (χ1) is 6.32. The minimum atomic E-state index is -4.51. The number of hydrogen-bond donors (Lipinski definition) is 0. The van der Waals surface area contributed by atoms with E-state index in [1.54, 1.807) is 0 Å². The van der Waals surface area contributed by atoms with Crippen LogP contribution in [0.1, 0.15) is 21.6 Å². The van der Waals surface area contributed by atoms with Gasteiger partial charge in [-0.05, 0) is 24.6 Å². The second-order valence-electron chi connectivity index (χ2n) is 2.63. The average Bonchev–Trinajstić information content (AvgIpc) is 2.02. The first-order valence-corrected chi connectivity index (χ1v) is 3.94. The molecular weight excluding hydrogens is 219 g/mol. The van der Waals surface area contributed by atoms with Crippen molar-refractivity contribution in [2.75, 3.05) is 0 Å². The Kier molecular flexibility index (Phi) is 2.80. The molecule has 6 heteroatoms. The number of alkyl halides is 3. The Bertz CT molecular complexity index is 375. The third-order valence-corrected chi connectivity index (χ3v) is 1.83. The van der Waals surface area contributed by atoms with Crippen LogP contribution in [0.15, 0.2) is 12.3 Å². The molecule has 1 heterocycles. The van der Waals surface area contributed by atoms with Crippen molar-refractivity contribution < 1.29 is 18.0 Å². The van der Waals surface area contributed by atoms with Crippen LogP contribution in [0.2, 0.25) is 0 Å². The number of hydrogen-bond acceptors (Lipinski definition) is 2. The summed E-state index contributed by atoms with van der Waals surface area (Å²) in [6.45, 7) is 1.41. The van der Waals surface area contributed by atoms with Crippen molar-refractivity contribution in [1.29, 1.82) is 0 Å². The second kappa shape index (κ2) is 3.57. The maximum atomic E-state index is 12.2. The van der Waals surface area contributed by atoms with Crippen molar-refractivity contribution in [2.45, 2.75) is 13.1 Å². The summed E-state index contributed by atoms with van der Waals surface area (Å²) < 4.78 is 36.5.